The van der Waals surface area contributed by atoms with Crippen LogP contribution in [0, 0.1) is 0 Å². The van der Waals surface area contributed by atoms with E-state index in [2.05, 4.69) is 20.4 Å². The Kier molecular flexibility index (Phi) is 6.44. The lowest BCUT2D eigenvalue weighted by Gasteiger charge is -2.11. The number of methoxy groups -OCH3 is 1. The molecule has 2 heterocycles. The lowest BCUT2D eigenvalue weighted by atomic mass is 10.2. The number of carbonyl (C=O) groups is 1. The quantitative estimate of drug-likeness (QED) is 0.618. The van der Waals surface area contributed by atoms with Crippen molar-refractivity contribution < 1.29 is 18.8 Å². The molecule has 2 aromatic heterocycles. The van der Waals surface area contributed by atoms with Gasteiger partial charge in [0.25, 0.3) is 5.91 Å². The van der Waals surface area contributed by atoms with E-state index in [1.807, 2.05) is 6.92 Å². The van der Waals surface area contributed by atoms with Crippen LogP contribution < -0.4 is 14.8 Å². The fourth-order valence-corrected chi connectivity index (χ4v) is 2.69. The first-order chi connectivity index (χ1) is 13.5. The van der Waals surface area contributed by atoms with Gasteiger partial charge in [0.15, 0.2) is 11.5 Å². The minimum absolute atomic E-state index is 0.0848. The zero-order valence-electron chi connectivity index (χ0n) is 15.4. The standard InChI is InChI=1S/C19H19ClN4O4/c1-12(7-13-10-21-5-6-22-13)23-19(25)17-9-15(28-24-17)11-27-18-4-3-14(26-2)8-16(18)20/h3-6,8-10,12H,7,11H2,1-2H3,(H,23,25)/t12-/m1/s1. The summed E-state index contributed by atoms with van der Waals surface area (Å²) < 4.78 is 15.9. The normalized spacial score (nSPS) is 11.7. The van der Waals surface area contributed by atoms with Crippen molar-refractivity contribution in [3.63, 3.8) is 0 Å². The molecule has 1 N–H and O–H groups in total. The highest BCUT2D eigenvalue weighted by Crippen LogP contribution is 2.29. The topological polar surface area (TPSA) is 99.4 Å². The molecule has 9 heteroatoms. The summed E-state index contributed by atoms with van der Waals surface area (Å²) in [5.41, 5.74) is 0.964. The van der Waals surface area contributed by atoms with Crippen LogP contribution in [0.1, 0.15) is 28.9 Å². The number of amides is 1. The van der Waals surface area contributed by atoms with E-state index in [1.165, 1.54) is 6.07 Å². The predicted octanol–water partition coefficient (Wildman–Crippen LogP) is 3.07. The van der Waals surface area contributed by atoms with Gasteiger partial charge in [0.05, 0.1) is 17.8 Å². The number of benzene rings is 1. The Morgan fingerprint density at radius 1 is 1.32 bits per heavy atom. The minimum Gasteiger partial charge on any atom is -0.497 e. The van der Waals surface area contributed by atoms with E-state index >= 15 is 0 Å². The Morgan fingerprint density at radius 2 is 2.18 bits per heavy atom. The van der Waals surface area contributed by atoms with Crippen molar-refractivity contribution in [2.45, 2.75) is 26.0 Å². The smallest absolute Gasteiger partial charge is 0.273 e. The molecule has 1 aromatic carbocycles. The number of rotatable bonds is 8. The second kappa shape index (κ2) is 9.18. The van der Waals surface area contributed by atoms with Gasteiger partial charge in [0, 0.05) is 43.2 Å². The van der Waals surface area contributed by atoms with Crippen LogP contribution in [0.25, 0.3) is 0 Å². The van der Waals surface area contributed by atoms with E-state index < -0.39 is 0 Å². The van der Waals surface area contributed by atoms with Gasteiger partial charge in [0.2, 0.25) is 0 Å². The average molecular weight is 403 g/mol. The van der Waals surface area contributed by atoms with Gasteiger partial charge in [-0.1, -0.05) is 16.8 Å². The molecule has 0 saturated carbocycles. The van der Waals surface area contributed by atoms with Gasteiger partial charge < -0.3 is 19.3 Å². The van der Waals surface area contributed by atoms with E-state index in [0.29, 0.717) is 28.7 Å². The first-order valence-electron chi connectivity index (χ1n) is 8.53. The summed E-state index contributed by atoms with van der Waals surface area (Å²) in [6.45, 7) is 1.96. The first kappa shape index (κ1) is 19.6. The molecule has 8 nitrogen and oxygen atoms in total. The van der Waals surface area contributed by atoms with Crippen LogP contribution in [-0.2, 0) is 13.0 Å². The maximum absolute atomic E-state index is 12.3. The minimum atomic E-state index is -0.339. The maximum atomic E-state index is 12.3. The molecular weight excluding hydrogens is 384 g/mol. The molecular formula is C19H19ClN4O4. The average Bonchev–Trinajstić information content (AvgIpc) is 3.17. The number of nitrogens with zero attached hydrogens (tertiary/aromatic N) is 3. The monoisotopic (exact) mass is 402 g/mol. The largest absolute Gasteiger partial charge is 0.497 e. The van der Waals surface area contributed by atoms with Crippen LogP contribution >= 0.6 is 11.6 Å². The molecule has 3 rings (SSSR count). The summed E-state index contributed by atoms with van der Waals surface area (Å²) >= 11 is 6.13. The first-order valence-corrected chi connectivity index (χ1v) is 8.90. The van der Waals surface area contributed by atoms with Gasteiger partial charge in [-0.2, -0.15) is 0 Å². The fourth-order valence-electron chi connectivity index (χ4n) is 2.46. The Morgan fingerprint density at radius 3 is 2.89 bits per heavy atom. The third-order valence-electron chi connectivity index (χ3n) is 3.81. The molecule has 28 heavy (non-hydrogen) atoms. The van der Waals surface area contributed by atoms with Crippen LogP contribution in [0.15, 0.2) is 47.4 Å². The van der Waals surface area contributed by atoms with Crippen LogP contribution in [0.4, 0.5) is 0 Å². The SMILES string of the molecule is COc1ccc(OCc2cc(C(=O)N[C@H](C)Cc3cnccn3)no2)c(Cl)c1. The zero-order valence-corrected chi connectivity index (χ0v) is 16.1. The van der Waals surface area contributed by atoms with Crippen molar-refractivity contribution in [2.75, 3.05) is 7.11 Å². The number of halogens is 1. The third kappa shape index (κ3) is 5.20. The summed E-state index contributed by atoms with van der Waals surface area (Å²) in [6, 6.07) is 6.47. The summed E-state index contributed by atoms with van der Waals surface area (Å²) in [5.74, 6) is 1.17. The summed E-state index contributed by atoms with van der Waals surface area (Å²) in [6.07, 6.45) is 5.44. The van der Waals surface area contributed by atoms with Crippen molar-refractivity contribution >= 4 is 17.5 Å². The molecule has 0 fully saturated rings. The van der Waals surface area contributed by atoms with Gasteiger partial charge in [0.1, 0.15) is 18.1 Å². The number of hydrogen-bond donors (Lipinski definition) is 1. The van der Waals surface area contributed by atoms with Crippen LogP contribution in [0.3, 0.4) is 0 Å². The third-order valence-corrected chi connectivity index (χ3v) is 4.11. The zero-order chi connectivity index (χ0) is 19.9. The molecule has 0 radical (unpaired) electrons. The Labute approximate surface area is 166 Å². The molecule has 0 aliphatic heterocycles. The van der Waals surface area contributed by atoms with Crippen LogP contribution in [0.2, 0.25) is 5.02 Å². The number of hydrogen-bond acceptors (Lipinski definition) is 7. The second-order valence-corrected chi connectivity index (χ2v) is 6.45. The maximum Gasteiger partial charge on any atom is 0.273 e. The number of ether oxygens (including phenoxy) is 2. The van der Waals surface area contributed by atoms with E-state index in [0.717, 1.165) is 5.69 Å². The lowest BCUT2D eigenvalue weighted by Crippen LogP contribution is -2.34. The van der Waals surface area contributed by atoms with Gasteiger partial charge in [-0.05, 0) is 19.1 Å². The fraction of sp³-hybridized carbons (Fsp3) is 0.263. The Balaban J connectivity index is 1.53. The summed E-state index contributed by atoms with van der Waals surface area (Å²) in [5, 5.41) is 7.05. The Bertz CT molecular complexity index is 933. The van der Waals surface area contributed by atoms with Crippen molar-refractivity contribution in [3.8, 4) is 11.5 Å². The molecule has 0 spiro atoms. The number of carbonyl (C=O) groups excluding carboxylic acids is 1. The van der Waals surface area contributed by atoms with Crippen molar-refractivity contribution in [1.29, 1.82) is 0 Å². The molecule has 0 aliphatic rings. The van der Waals surface area contributed by atoms with Gasteiger partial charge in [-0.3, -0.25) is 14.8 Å². The van der Waals surface area contributed by atoms with Crippen LogP contribution in [-0.4, -0.2) is 34.2 Å². The van der Waals surface area contributed by atoms with Crippen molar-refractivity contribution in [1.82, 2.24) is 20.4 Å². The number of aromatic nitrogens is 3. The second-order valence-electron chi connectivity index (χ2n) is 6.04. The van der Waals surface area contributed by atoms with Crippen molar-refractivity contribution in [2.24, 2.45) is 0 Å². The predicted molar refractivity (Wildman–Crippen MR) is 102 cm³/mol. The van der Waals surface area contributed by atoms with Gasteiger partial charge in [-0.25, -0.2) is 0 Å². The lowest BCUT2D eigenvalue weighted by molar-refractivity contribution is 0.0930. The van der Waals surface area contributed by atoms with Crippen LogP contribution in [0.5, 0.6) is 11.5 Å². The van der Waals surface area contributed by atoms with E-state index in [-0.39, 0.29) is 24.2 Å². The van der Waals surface area contributed by atoms with Gasteiger partial charge >= 0.3 is 0 Å². The van der Waals surface area contributed by atoms with E-state index in [1.54, 1.807) is 43.9 Å². The Hall–Kier alpha value is -3.13. The number of nitrogens with one attached hydrogen (secondary N) is 1. The summed E-state index contributed by atoms with van der Waals surface area (Å²) in [7, 11) is 1.56. The molecule has 0 saturated heterocycles. The molecule has 1 amide bonds. The molecule has 0 aliphatic carbocycles. The molecule has 1 atom stereocenters. The highest BCUT2D eigenvalue weighted by Gasteiger charge is 2.16. The van der Waals surface area contributed by atoms with E-state index in [4.69, 9.17) is 25.6 Å². The van der Waals surface area contributed by atoms with E-state index in [9.17, 15) is 4.79 Å². The molecule has 0 unspecified atom stereocenters. The summed E-state index contributed by atoms with van der Waals surface area (Å²) in [4.78, 5) is 20.5. The van der Waals surface area contributed by atoms with Crippen molar-refractivity contribution in [3.05, 3.63) is 65.0 Å². The highest BCUT2D eigenvalue weighted by atomic mass is 35.5. The molecule has 3 aromatic rings. The molecule has 146 valence electrons. The highest BCUT2D eigenvalue weighted by molar-refractivity contribution is 6.32. The van der Waals surface area contributed by atoms with Gasteiger partial charge in [-0.15, -0.1) is 0 Å². The molecule has 0 bridgehead atoms.